The minimum absolute atomic E-state index is 0.272. The summed E-state index contributed by atoms with van der Waals surface area (Å²) >= 11 is 0. The van der Waals surface area contributed by atoms with Gasteiger partial charge in [-0.25, -0.2) is 0 Å². The average Bonchev–Trinajstić information content (AvgIpc) is 3.07. The van der Waals surface area contributed by atoms with Crippen molar-refractivity contribution in [3.8, 4) is 6.07 Å². The van der Waals surface area contributed by atoms with E-state index < -0.39 is 0 Å². The van der Waals surface area contributed by atoms with Crippen molar-refractivity contribution < 1.29 is 0 Å². The van der Waals surface area contributed by atoms with Gasteiger partial charge in [0.05, 0.1) is 6.07 Å². The lowest BCUT2D eigenvalue weighted by Crippen LogP contribution is -2.54. The maximum Gasteiger partial charge on any atom is 0.122 e. The van der Waals surface area contributed by atoms with E-state index in [4.69, 9.17) is 0 Å². The Morgan fingerprint density at radius 3 is 2.47 bits per heavy atom. The zero-order chi connectivity index (χ0) is 10.9. The Kier molecular flexibility index (Phi) is 2.99. The standard InChI is InChI=1S/C12H21N3/c1-3-14-12(8-13,10-4-5-10)9-15(2)11-6-7-11/h10-11,14H,3-7,9H2,1-2H3. The van der Waals surface area contributed by atoms with E-state index in [2.05, 4.69) is 30.3 Å². The first-order valence-electron chi connectivity index (χ1n) is 6.08. The van der Waals surface area contributed by atoms with Gasteiger partial charge in [-0.1, -0.05) is 6.92 Å². The van der Waals surface area contributed by atoms with Gasteiger partial charge in [-0.05, 0) is 45.2 Å². The van der Waals surface area contributed by atoms with Gasteiger partial charge in [0.15, 0.2) is 0 Å². The molecule has 15 heavy (non-hydrogen) atoms. The lowest BCUT2D eigenvalue weighted by atomic mass is 9.94. The van der Waals surface area contributed by atoms with E-state index in [0.29, 0.717) is 5.92 Å². The maximum atomic E-state index is 9.43. The molecule has 0 aliphatic heterocycles. The minimum atomic E-state index is -0.272. The van der Waals surface area contributed by atoms with Crippen molar-refractivity contribution in [3.05, 3.63) is 0 Å². The summed E-state index contributed by atoms with van der Waals surface area (Å²) in [7, 11) is 2.16. The van der Waals surface area contributed by atoms with Crippen molar-refractivity contribution in [1.82, 2.24) is 10.2 Å². The van der Waals surface area contributed by atoms with Gasteiger partial charge in [-0.3, -0.25) is 5.32 Å². The Morgan fingerprint density at radius 2 is 2.07 bits per heavy atom. The molecule has 2 fully saturated rings. The van der Waals surface area contributed by atoms with Crippen LogP contribution in [-0.2, 0) is 0 Å². The van der Waals surface area contributed by atoms with E-state index in [1.165, 1.54) is 25.7 Å². The molecule has 0 heterocycles. The lowest BCUT2D eigenvalue weighted by molar-refractivity contribution is 0.223. The van der Waals surface area contributed by atoms with Crippen molar-refractivity contribution in [2.45, 2.75) is 44.2 Å². The van der Waals surface area contributed by atoms with Crippen molar-refractivity contribution in [2.75, 3.05) is 20.1 Å². The highest BCUT2D eigenvalue weighted by Gasteiger charge is 2.47. The van der Waals surface area contributed by atoms with Crippen LogP contribution in [-0.4, -0.2) is 36.6 Å². The number of hydrogen-bond acceptors (Lipinski definition) is 3. The summed E-state index contributed by atoms with van der Waals surface area (Å²) < 4.78 is 0. The molecule has 84 valence electrons. The third-order valence-electron chi connectivity index (χ3n) is 3.64. The summed E-state index contributed by atoms with van der Waals surface area (Å²) in [5, 5.41) is 12.8. The number of likely N-dealkylation sites (N-methyl/N-ethyl adjacent to an activating group) is 2. The van der Waals surface area contributed by atoms with Crippen LogP contribution in [0.15, 0.2) is 0 Å². The molecule has 2 aliphatic rings. The molecule has 0 bridgehead atoms. The molecule has 0 spiro atoms. The van der Waals surface area contributed by atoms with Crippen LogP contribution < -0.4 is 5.32 Å². The predicted molar refractivity (Wildman–Crippen MR) is 60.4 cm³/mol. The molecular weight excluding hydrogens is 186 g/mol. The first kappa shape index (κ1) is 10.9. The molecule has 2 saturated carbocycles. The van der Waals surface area contributed by atoms with Crippen LogP contribution in [0.2, 0.25) is 0 Å². The molecule has 0 aromatic heterocycles. The second-order valence-corrected chi connectivity index (χ2v) is 5.03. The van der Waals surface area contributed by atoms with Crippen LogP contribution in [0.1, 0.15) is 32.6 Å². The van der Waals surface area contributed by atoms with E-state index in [1.54, 1.807) is 0 Å². The molecule has 3 nitrogen and oxygen atoms in total. The van der Waals surface area contributed by atoms with Crippen LogP contribution in [0.25, 0.3) is 0 Å². The highest BCUT2D eigenvalue weighted by atomic mass is 15.2. The van der Waals surface area contributed by atoms with Crippen molar-refractivity contribution in [1.29, 1.82) is 5.26 Å². The first-order chi connectivity index (χ1) is 7.22. The zero-order valence-corrected chi connectivity index (χ0v) is 9.79. The Bertz CT molecular complexity index is 263. The number of nitrogens with zero attached hydrogens (tertiary/aromatic N) is 2. The van der Waals surface area contributed by atoms with Crippen molar-refractivity contribution in [2.24, 2.45) is 5.92 Å². The van der Waals surface area contributed by atoms with Crippen molar-refractivity contribution >= 4 is 0 Å². The fraction of sp³-hybridized carbons (Fsp3) is 0.917. The third-order valence-corrected chi connectivity index (χ3v) is 3.64. The van der Waals surface area contributed by atoms with Gasteiger partial charge < -0.3 is 4.90 Å². The largest absolute Gasteiger partial charge is 0.300 e. The summed E-state index contributed by atoms with van der Waals surface area (Å²) in [6.07, 6.45) is 5.07. The molecule has 0 radical (unpaired) electrons. The van der Waals surface area contributed by atoms with Crippen LogP contribution >= 0.6 is 0 Å². The fourth-order valence-corrected chi connectivity index (χ4v) is 2.42. The Hall–Kier alpha value is -0.590. The summed E-state index contributed by atoms with van der Waals surface area (Å²) in [4.78, 5) is 2.37. The van der Waals surface area contributed by atoms with Gasteiger partial charge in [0, 0.05) is 12.6 Å². The normalized spacial score (nSPS) is 24.9. The Balaban J connectivity index is 1.99. The van der Waals surface area contributed by atoms with E-state index in [0.717, 1.165) is 19.1 Å². The highest BCUT2D eigenvalue weighted by Crippen LogP contribution is 2.41. The number of hydrogen-bond donors (Lipinski definition) is 1. The van der Waals surface area contributed by atoms with E-state index in [-0.39, 0.29) is 5.54 Å². The molecule has 2 rings (SSSR count). The molecule has 0 amide bonds. The van der Waals surface area contributed by atoms with Gasteiger partial charge in [-0.15, -0.1) is 0 Å². The highest BCUT2D eigenvalue weighted by molar-refractivity contribution is 5.17. The van der Waals surface area contributed by atoms with Gasteiger partial charge in [-0.2, -0.15) is 5.26 Å². The Labute approximate surface area is 92.4 Å². The lowest BCUT2D eigenvalue weighted by Gasteiger charge is -2.32. The smallest absolute Gasteiger partial charge is 0.122 e. The van der Waals surface area contributed by atoms with E-state index in [9.17, 15) is 5.26 Å². The van der Waals surface area contributed by atoms with Crippen LogP contribution in [0.3, 0.4) is 0 Å². The summed E-state index contributed by atoms with van der Waals surface area (Å²) in [5.41, 5.74) is -0.272. The van der Waals surface area contributed by atoms with Gasteiger partial charge in [0.2, 0.25) is 0 Å². The molecule has 3 heteroatoms. The number of nitriles is 1. The molecule has 0 saturated heterocycles. The molecule has 1 atom stereocenters. The van der Waals surface area contributed by atoms with Crippen LogP contribution in [0.5, 0.6) is 0 Å². The summed E-state index contributed by atoms with van der Waals surface area (Å²) in [5.74, 6) is 0.587. The molecule has 2 aliphatic carbocycles. The monoisotopic (exact) mass is 207 g/mol. The molecule has 1 unspecified atom stereocenters. The van der Waals surface area contributed by atoms with Crippen LogP contribution in [0, 0.1) is 17.2 Å². The van der Waals surface area contributed by atoms with Crippen molar-refractivity contribution in [3.63, 3.8) is 0 Å². The van der Waals surface area contributed by atoms with E-state index in [1.807, 2.05) is 0 Å². The van der Waals surface area contributed by atoms with Gasteiger partial charge in [0.25, 0.3) is 0 Å². The molecule has 0 aromatic rings. The Morgan fingerprint density at radius 1 is 1.40 bits per heavy atom. The number of rotatable bonds is 6. The SMILES string of the molecule is CCNC(C#N)(CN(C)C1CC1)C1CC1. The molecule has 1 N–H and O–H groups in total. The van der Waals surface area contributed by atoms with E-state index >= 15 is 0 Å². The molecular formula is C12H21N3. The quantitative estimate of drug-likeness (QED) is 0.715. The van der Waals surface area contributed by atoms with Gasteiger partial charge in [0.1, 0.15) is 5.54 Å². The maximum absolute atomic E-state index is 9.43. The summed E-state index contributed by atoms with van der Waals surface area (Å²) in [6, 6.07) is 3.28. The minimum Gasteiger partial charge on any atom is -0.300 e. The second kappa shape index (κ2) is 4.11. The third kappa shape index (κ3) is 2.32. The molecule has 0 aromatic carbocycles. The summed E-state index contributed by atoms with van der Waals surface area (Å²) in [6.45, 7) is 3.88. The number of nitrogens with one attached hydrogen (secondary N) is 1. The second-order valence-electron chi connectivity index (χ2n) is 5.03. The first-order valence-corrected chi connectivity index (χ1v) is 6.08. The predicted octanol–water partition coefficient (Wildman–Crippen LogP) is 1.36. The van der Waals surface area contributed by atoms with Crippen LogP contribution in [0.4, 0.5) is 0 Å². The topological polar surface area (TPSA) is 39.1 Å². The zero-order valence-electron chi connectivity index (χ0n) is 9.79. The fourth-order valence-electron chi connectivity index (χ4n) is 2.42. The van der Waals surface area contributed by atoms with Gasteiger partial charge >= 0.3 is 0 Å². The average molecular weight is 207 g/mol.